The van der Waals surface area contributed by atoms with Crippen LogP contribution in [0.1, 0.15) is 22.8 Å². The van der Waals surface area contributed by atoms with Crippen LogP contribution in [0.4, 0.5) is 13.2 Å². The largest absolute Gasteiger partial charge is 0.417 e. The molecule has 104 valence electrons. The van der Waals surface area contributed by atoms with Crippen molar-refractivity contribution in [2.24, 2.45) is 0 Å². The highest BCUT2D eigenvalue weighted by Crippen LogP contribution is 2.31. The number of alkyl halides is 3. The Morgan fingerprint density at radius 3 is 2.37 bits per heavy atom. The Balaban J connectivity index is 2.80. The minimum atomic E-state index is -4.61. The van der Waals surface area contributed by atoms with Gasteiger partial charge in [0.05, 0.1) is 17.7 Å². The van der Waals surface area contributed by atoms with Crippen LogP contribution in [-0.4, -0.2) is 24.9 Å². The van der Waals surface area contributed by atoms with Crippen LogP contribution in [-0.2, 0) is 11.0 Å². The maximum atomic E-state index is 12.7. The van der Waals surface area contributed by atoms with Crippen molar-refractivity contribution in [1.82, 2.24) is 10.6 Å². The first kappa shape index (κ1) is 15.0. The lowest BCUT2D eigenvalue weighted by Gasteiger charge is -2.12. The van der Waals surface area contributed by atoms with Crippen LogP contribution >= 0.6 is 0 Å². The zero-order valence-corrected chi connectivity index (χ0v) is 10.2. The summed E-state index contributed by atoms with van der Waals surface area (Å²) >= 11 is 0. The molecule has 0 aliphatic carbocycles. The third-order valence-corrected chi connectivity index (χ3v) is 2.26. The molecular weight excluding hydrogens is 261 g/mol. The van der Waals surface area contributed by atoms with E-state index in [9.17, 15) is 22.8 Å². The van der Waals surface area contributed by atoms with Crippen LogP contribution in [0.5, 0.6) is 0 Å². The molecule has 0 aromatic heterocycles. The molecule has 0 unspecified atom stereocenters. The molecule has 0 spiro atoms. The van der Waals surface area contributed by atoms with Crippen LogP contribution in [0.2, 0.25) is 0 Å². The number of benzene rings is 1. The van der Waals surface area contributed by atoms with Gasteiger partial charge in [-0.2, -0.15) is 13.2 Å². The monoisotopic (exact) mass is 274 g/mol. The number of hydrogen-bond acceptors (Lipinski definition) is 2. The van der Waals surface area contributed by atoms with Gasteiger partial charge in [0.2, 0.25) is 5.91 Å². The fraction of sp³-hybridized carbons (Fsp3) is 0.333. The molecule has 2 N–H and O–H groups in total. The SMILES string of the molecule is CCNC(=O)CNC(=O)c1ccccc1C(F)(F)F. The van der Waals surface area contributed by atoms with E-state index in [-0.39, 0.29) is 6.54 Å². The summed E-state index contributed by atoms with van der Waals surface area (Å²) in [6, 6.07) is 4.41. The Morgan fingerprint density at radius 1 is 1.16 bits per heavy atom. The first-order chi connectivity index (χ1) is 8.86. The second-order valence-corrected chi connectivity index (χ2v) is 3.68. The molecule has 0 saturated heterocycles. The van der Waals surface area contributed by atoms with Gasteiger partial charge in [-0.1, -0.05) is 12.1 Å². The summed E-state index contributed by atoms with van der Waals surface area (Å²) in [6.45, 7) is 1.71. The summed E-state index contributed by atoms with van der Waals surface area (Å²) in [5.41, 5.74) is -1.53. The molecule has 1 aromatic carbocycles. The molecule has 0 aliphatic rings. The van der Waals surface area contributed by atoms with Gasteiger partial charge in [0.1, 0.15) is 0 Å². The lowest BCUT2D eigenvalue weighted by Crippen LogP contribution is -2.37. The van der Waals surface area contributed by atoms with Crippen LogP contribution in [0.15, 0.2) is 24.3 Å². The van der Waals surface area contributed by atoms with E-state index in [4.69, 9.17) is 0 Å². The van der Waals surface area contributed by atoms with Gasteiger partial charge in [0.25, 0.3) is 5.91 Å². The van der Waals surface area contributed by atoms with Gasteiger partial charge in [-0.05, 0) is 19.1 Å². The van der Waals surface area contributed by atoms with Crippen molar-refractivity contribution in [3.63, 3.8) is 0 Å². The summed E-state index contributed by atoms with van der Waals surface area (Å²) in [5.74, 6) is -1.39. The number of nitrogens with one attached hydrogen (secondary N) is 2. The Kier molecular flexibility index (Phi) is 4.91. The molecule has 0 heterocycles. The van der Waals surface area contributed by atoms with Crippen LogP contribution < -0.4 is 10.6 Å². The summed E-state index contributed by atoms with van der Waals surface area (Å²) in [5, 5.41) is 4.57. The van der Waals surface area contributed by atoms with E-state index in [0.717, 1.165) is 12.1 Å². The molecule has 2 amide bonds. The van der Waals surface area contributed by atoms with E-state index < -0.39 is 29.1 Å². The van der Waals surface area contributed by atoms with Gasteiger partial charge < -0.3 is 10.6 Å². The number of halogens is 3. The lowest BCUT2D eigenvalue weighted by molar-refractivity contribution is -0.137. The van der Waals surface area contributed by atoms with E-state index >= 15 is 0 Å². The Labute approximate surface area is 108 Å². The van der Waals surface area contributed by atoms with Crippen LogP contribution in [0.25, 0.3) is 0 Å². The lowest BCUT2D eigenvalue weighted by atomic mass is 10.1. The van der Waals surface area contributed by atoms with Crippen molar-refractivity contribution in [2.75, 3.05) is 13.1 Å². The third-order valence-electron chi connectivity index (χ3n) is 2.26. The Hall–Kier alpha value is -2.05. The van der Waals surface area contributed by atoms with Crippen molar-refractivity contribution in [3.8, 4) is 0 Å². The molecule has 4 nitrogen and oxygen atoms in total. The number of rotatable bonds is 4. The van der Waals surface area contributed by atoms with Gasteiger partial charge in [-0.3, -0.25) is 9.59 Å². The third kappa shape index (κ3) is 4.27. The van der Waals surface area contributed by atoms with Gasteiger partial charge in [0.15, 0.2) is 0 Å². The second-order valence-electron chi connectivity index (χ2n) is 3.68. The summed E-state index contributed by atoms with van der Waals surface area (Å²) < 4.78 is 38.0. The first-order valence-corrected chi connectivity index (χ1v) is 5.57. The zero-order valence-electron chi connectivity index (χ0n) is 10.2. The van der Waals surface area contributed by atoms with E-state index in [1.54, 1.807) is 6.92 Å². The molecule has 7 heteroatoms. The maximum Gasteiger partial charge on any atom is 0.417 e. The molecule has 0 saturated carbocycles. The molecule has 0 atom stereocenters. The van der Waals surface area contributed by atoms with Gasteiger partial charge >= 0.3 is 6.18 Å². The van der Waals surface area contributed by atoms with E-state index in [2.05, 4.69) is 10.6 Å². The van der Waals surface area contributed by atoms with Crippen molar-refractivity contribution in [2.45, 2.75) is 13.1 Å². The highest BCUT2D eigenvalue weighted by Gasteiger charge is 2.34. The molecule has 0 fully saturated rings. The summed E-state index contributed by atoms with van der Waals surface area (Å²) in [6.07, 6.45) is -4.61. The minimum absolute atomic E-state index is 0.362. The average Bonchev–Trinajstić information content (AvgIpc) is 2.35. The molecule has 19 heavy (non-hydrogen) atoms. The normalized spacial score (nSPS) is 10.9. The van der Waals surface area contributed by atoms with Gasteiger partial charge in [0, 0.05) is 6.54 Å². The predicted octanol–water partition coefficient (Wildman–Crippen LogP) is 1.57. The van der Waals surface area contributed by atoms with Crippen molar-refractivity contribution < 1.29 is 22.8 Å². The van der Waals surface area contributed by atoms with Crippen molar-refractivity contribution >= 4 is 11.8 Å². The predicted molar refractivity (Wildman–Crippen MR) is 62.5 cm³/mol. The number of likely N-dealkylation sites (N-methyl/N-ethyl adjacent to an activating group) is 1. The standard InChI is InChI=1S/C12H13F3N2O2/c1-2-16-10(18)7-17-11(19)8-5-3-4-6-9(8)12(13,14)15/h3-6H,2,7H2,1H3,(H,16,18)(H,17,19). The molecular formula is C12H13F3N2O2. The smallest absolute Gasteiger partial charge is 0.355 e. The topological polar surface area (TPSA) is 58.2 Å². The minimum Gasteiger partial charge on any atom is -0.355 e. The Bertz CT molecular complexity index is 472. The summed E-state index contributed by atoms with van der Waals surface area (Å²) in [7, 11) is 0. The van der Waals surface area contributed by atoms with E-state index in [1.807, 2.05) is 0 Å². The van der Waals surface area contributed by atoms with Gasteiger partial charge in [-0.25, -0.2) is 0 Å². The van der Waals surface area contributed by atoms with E-state index in [0.29, 0.717) is 6.54 Å². The highest BCUT2D eigenvalue weighted by molar-refractivity contribution is 5.97. The fourth-order valence-electron chi connectivity index (χ4n) is 1.44. The highest BCUT2D eigenvalue weighted by atomic mass is 19.4. The maximum absolute atomic E-state index is 12.7. The van der Waals surface area contributed by atoms with Crippen LogP contribution in [0, 0.1) is 0 Å². The zero-order chi connectivity index (χ0) is 14.5. The first-order valence-electron chi connectivity index (χ1n) is 5.57. The molecule has 1 aromatic rings. The average molecular weight is 274 g/mol. The molecule has 0 radical (unpaired) electrons. The van der Waals surface area contributed by atoms with Crippen LogP contribution in [0.3, 0.4) is 0 Å². The number of amides is 2. The quantitative estimate of drug-likeness (QED) is 0.875. The number of hydrogen-bond donors (Lipinski definition) is 2. The molecule has 0 aliphatic heterocycles. The second kappa shape index (κ2) is 6.21. The molecule has 0 bridgehead atoms. The number of carbonyl (C=O) groups excluding carboxylic acids is 2. The fourth-order valence-corrected chi connectivity index (χ4v) is 1.44. The van der Waals surface area contributed by atoms with E-state index in [1.165, 1.54) is 12.1 Å². The molecule has 1 rings (SSSR count). The van der Waals surface area contributed by atoms with Crippen molar-refractivity contribution in [1.29, 1.82) is 0 Å². The number of carbonyl (C=O) groups is 2. The van der Waals surface area contributed by atoms with Gasteiger partial charge in [-0.15, -0.1) is 0 Å². The Morgan fingerprint density at radius 2 is 1.79 bits per heavy atom. The summed E-state index contributed by atoms with van der Waals surface area (Å²) in [4.78, 5) is 22.7. The van der Waals surface area contributed by atoms with Crippen molar-refractivity contribution in [3.05, 3.63) is 35.4 Å².